The number of esters is 1. The van der Waals surface area contributed by atoms with E-state index < -0.39 is 21.9 Å². The molecule has 0 spiro atoms. The van der Waals surface area contributed by atoms with Crippen LogP contribution in [0.3, 0.4) is 0 Å². The van der Waals surface area contributed by atoms with Gasteiger partial charge in [0.15, 0.2) is 0 Å². The van der Waals surface area contributed by atoms with E-state index in [2.05, 4.69) is 14.8 Å². The second kappa shape index (κ2) is 11.1. The van der Waals surface area contributed by atoms with Crippen molar-refractivity contribution in [3.63, 3.8) is 0 Å². The number of methoxy groups -OCH3 is 1. The lowest BCUT2D eigenvalue weighted by atomic mass is 10.1. The third-order valence-electron chi connectivity index (χ3n) is 4.57. The normalized spacial score (nSPS) is 14.8. The van der Waals surface area contributed by atoms with Gasteiger partial charge in [-0.15, -0.1) is 4.40 Å². The zero-order chi connectivity index (χ0) is 23.9. The molecule has 32 heavy (non-hydrogen) atoms. The molecular weight excluding hydrogens is 436 g/mol. The maximum Gasteiger partial charge on any atom is 0.354 e. The van der Waals surface area contributed by atoms with Crippen molar-refractivity contribution >= 4 is 39.1 Å². The summed E-state index contributed by atoms with van der Waals surface area (Å²) < 4.78 is 39.1. The molecule has 0 fully saturated rings. The number of hydrogen-bond acceptors (Lipinski definition) is 8. The number of unbranched alkanes of at least 4 members (excludes halogenated alkanes) is 1. The van der Waals surface area contributed by atoms with Crippen molar-refractivity contribution in [3.05, 3.63) is 18.2 Å². The van der Waals surface area contributed by atoms with E-state index in [9.17, 15) is 18.0 Å². The summed E-state index contributed by atoms with van der Waals surface area (Å²) in [6, 6.07) is 4.53. The number of ether oxygens (including phenoxy) is 2. The van der Waals surface area contributed by atoms with Crippen LogP contribution in [0.5, 0.6) is 5.75 Å². The molecule has 1 heterocycles. The van der Waals surface area contributed by atoms with Gasteiger partial charge in [-0.3, -0.25) is 4.79 Å². The molecule has 1 aromatic carbocycles. The van der Waals surface area contributed by atoms with Crippen LogP contribution in [0.15, 0.2) is 32.6 Å². The van der Waals surface area contributed by atoms with Gasteiger partial charge in [-0.1, -0.05) is 27.2 Å². The maximum atomic E-state index is 13.0. The van der Waals surface area contributed by atoms with E-state index in [-0.39, 0.29) is 41.9 Å². The minimum absolute atomic E-state index is 0.0217. The molecular formula is C21H30N4O6S. The van der Waals surface area contributed by atoms with Gasteiger partial charge in [-0.05, 0) is 25.5 Å². The molecule has 0 atom stereocenters. The summed E-state index contributed by atoms with van der Waals surface area (Å²) in [4.78, 5) is 25.2. The molecule has 1 N–H and O–H groups in total. The van der Waals surface area contributed by atoms with Gasteiger partial charge in [0.2, 0.25) is 5.91 Å². The number of sulfonamides is 1. The number of amides is 1. The Morgan fingerprint density at radius 2 is 1.97 bits per heavy atom. The van der Waals surface area contributed by atoms with Gasteiger partial charge in [-0.2, -0.15) is 13.5 Å². The lowest BCUT2D eigenvalue weighted by Crippen LogP contribution is -2.35. The van der Waals surface area contributed by atoms with E-state index in [1.807, 2.05) is 6.92 Å². The summed E-state index contributed by atoms with van der Waals surface area (Å²) in [5.41, 5.74) is 0.432. The quantitative estimate of drug-likeness (QED) is 0.319. The van der Waals surface area contributed by atoms with Crippen LogP contribution in [0.1, 0.15) is 47.0 Å². The van der Waals surface area contributed by atoms with Crippen molar-refractivity contribution in [2.75, 3.05) is 25.6 Å². The number of fused-ring (bicyclic) bond motifs is 1. The second-order valence-corrected chi connectivity index (χ2v) is 8.98. The van der Waals surface area contributed by atoms with Crippen molar-refractivity contribution in [3.8, 4) is 5.75 Å². The summed E-state index contributed by atoms with van der Waals surface area (Å²) in [5, 5.41) is 8.36. The van der Waals surface area contributed by atoms with Gasteiger partial charge in [0.25, 0.3) is 10.0 Å². The van der Waals surface area contributed by atoms with E-state index in [0.29, 0.717) is 17.9 Å². The Labute approximate surface area is 188 Å². The summed E-state index contributed by atoms with van der Waals surface area (Å²) in [6.45, 7) is 7.68. The Morgan fingerprint density at radius 3 is 2.56 bits per heavy atom. The van der Waals surface area contributed by atoms with Crippen molar-refractivity contribution in [1.29, 1.82) is 0 Å². The van der Waals surface area contributed by atoms with Crippen LogP contribution in [0.25, 0.3) is 0 Å². The fourth-order valence-electron chi connectivity index (χ4n) is 2.90. The lowest BCUT2D eigenvalue weighted by molar-refractivity contribution is -0.135. The molecule has 0 saturated heterocycles. The number of hydrazone groups is 1. The summed E-state index contributed by atoms with van der Waals surface area (Å²) >= 11 is 0. The van der Waals surface area contributed by atoms with Gasteiger partial charge in [0.05, 0.1) is 25.8 Å². The van der Waals surface area contributed by atoms with Crippen LogP contribution >= 0.6 is 0 Å². The molecule has 0 aliphatic carbocycles. The van der Waals surface area contributed by atoms with Crippen LogP contribution in [-0.2, 0) is 24.3 Å². The number of carbonyl (C=O) groups is 2. The van der Waals surface area contributed by atoms with Crippen molar-refractivity contribution in [2.45, 2.75) is 51.9 Å². The van der Waals surface area contributed by atoms with Crippen LogP contribution in [0.2, 0.25) is 0 Å². The first-order valence-corrected chi connectivity index (χ1v) is 11.9. The van der Waals surface area contributed by atoms with Crippen LogP contribution < -0.4 is 10.1 Å². The largest absolute Gasteiger partial charge is 0.497 e. The van der Waals surface area contributed by atoms with E-state index >= 15 is 0 Å². The van der Waals surface area contributed by atoms with Gasteiger partial charge < -0.3 is 14.8 Å². The Hall–Kier alpha value is -2.95. The number of benzene rings is 1. The van der Waals surface area contributed by atoms with Crippen LogP contribution in [0, 0.1) is 5.92 Å². The molecule has 0 unspecified atom stereocenters. The molecule has 0 radical (unpaired) electrons. The average Bonchev–Trinajstić information content (AvgIpc) is 2.73. The van der Waals surface area contributed by atoms with Gasteiger partial charge in [0.1, 0.15) is 22.2 Å². The Kier molecular flexibility index (Phi) is 8.76. The highest BCUT2D eigenvalue weighted by Gasteiger charge is 2.28. The van der Waals surface area contributed by atoms with Gasteiger partial charge in [-0.25, -0.2) is 9.80 Å². The van der Waals surface area contributed by atoms with Crippen LogP contribution in [0.4, 0.5) is 5.69 Å². The Bertz CT molecular complexity index is 1020. The monoisotopic (exact) mass is 466 g/mol. The number of hydrogen-bond donors (Lipinski definition) is 1. The number of carbonyl (C=O) groups excluding carboxylic acids is 2. The molecule has 1 aliphatic rings. The zero-order valence-electron chi connectivity index (χ0n) is 19.0. The first kappa shape index (κ1) is 25.3. The third kappa shape index (κ3) is 6.28. The molecule has 1 aromatic rings. The molecule has 0 aromatic heterocycles. The summed E-state index contributed by atoms with van der Waals surface area (Å²) in [6.07, 6.45) is 1.13. The second-order valence-electron chi connectivity index (χ2n) is 7.41. The highest BCUT2D eigenvalue weighted by molar-refractivity contribution is 7.90. The van der Waals surface area contributed by atoms with E-state index in [0.717, 1.165) is 6.42 Å². The fraction of sp³-hybridized carbons (Fsp3) is 0.524. The topological polar surface area (TPSA) is 127 Å². The van der Waals surface area contributed by atoms with Gasteiger partial charge >= 0.3 is 5.97 Å². The number of nitrogens with zero attached hydrogens (tertiary/aromatic N) is 3. The smallest absolute Gasteiger partial charge is 0.354 e. The Balaban J connectivity index is 2.31. The number of nitrogens with one attached hydrogen (secondary N) is 1. The minimum atomic E-state index is -4.00. The SMILES string of the molecule is CCCCN(/N=C(\C(=O)OCC)C(C)C)C(=O)CC1=NS(=O)(=O)c2cc(OC)ccc2N1. The lowest BCUT2D eigenvalue weighted by Gasteiger charge is -2.22. The molecule has 0 saturated carbocycles. The molecule has 11 heteroatoms. The highest BCUT2D eigenvalue weighted by atomic mass is 32.2. The van der Waals surface area contributed by atoms with E-state index in [1.54, 1.807) is 32.9 Å². The molecule has 2 rings (SSSR count). The van der Waals surface area contributed by atoms with Crippen LogP contribution in [-0.4, -0.2) is 57.1 Å². The minimum Gasteiger partial charge on any atom is -0.497 e. The van der Waals surface area contributed by atoms with Gasteiger partial charge in [0, 0.05) is 18.5 Å². The fourth-order valence-corrected chi connectivity index (χ4v) is 4.06. The van der Waals surface area contributed by atoms with Crippen molar-refractivity contribution in [2.24, 2.45) is 15.4 Å². The average molecular weight is 467 g/mol. The summed E-state index contributed by atoms with van der Waals surface area (Å²) in [7, 11) is -2.57. The molecule has 10 nitrogen and oxygen atoms in total. The van der Waals surface area contributed by atoms with E-state index in [4.69, 9.17) is 9.47 Å². The highest BCUT2D eigenvalue weighted by Crippen LogP contribution is 2.31. The standard InChI is InChI=1S/C21H30N4O6S/c1-6-8-11-25(23-20(14(3)4)21(27)31-7-2)19(26)13-18-22-16-10-9-15(30-5)12-17(16)32(28,29)24-18/h9-10,12,14H,6-8,11,13H2,1-5H3,(H,22,24)/b23-20-. The Morgan fingerprint density at radius 1 is 1.25 bits per heavy atom. The van der Waals surface area contributed by atoms with Crippen molar-refractivity contribution < 1.29 is 27.5 Å². The number of anilines is 1. The molecule has 1 amide bonds. The predicted octanol–water partition coefficient (Wildman–Crippen LogP) is 2.80. The molecule has 176 valence electrons. The first-order valence-electron chi connectivity index (χ1n) is 10.5. The maximum absolute atomic E-state index is 13.0. The third-order valence-corrected chi connectivity index (χ3v) is 5.92. The predicted molar refractivity (Wildman–Crippen MR) is 121 cm³/mol. The first-order chi connectivity index (χ1) is 15.1. The zero-order valence-corrected chi connectivity index (χ0v) is 19.9. The number of amidine groups is 1. The molecule has 0 bridgehead atoms. The van der Waals surface area contributed by atoms with Crippen molar-refractivity contribution in [1.82, 2.24) is 5.01 Å². The molecule has 1 aliphatic heterocycles. The van der Waals surface area contributed by atoms with E-state index in [1.165, 1.54) is 18.2 Å². The number of rotatable bonds is 10. The summed E-state index contributed by atoms with van der Waals surface area (Å²) in [5.74, 6) is -0.983.